The molecule has 0 aromatic carbocycles. The molecular formula is C27H54N2. The van der Waals surface area contributed by atoms with Crippen LogP contribution in [0.15, 0.2) is 12.4 Å². The van der Waals surface area contributed by atoms with Crippen molar-refractivity contribution in [2.24, 2.45) is 0 Å². The van der Waals surface area contributed by atoms with Gasteiger partial charge in [0.1, 0.15) is 6.17 Å². The van der Waals surface area contributed by atoms with Gasteiger partial charge >= 0.3 is 0 Å². The Balaban J connectivity index is 1.93. The van der Waals surface area contributed by atoms with Crippen molar-refractivity contribution in [1.29, 1.82) is 0 Å². The molecule has 0 aliphatic carbocycles. The van der Waals surface area contributed by atoms with Gasteiger partial charge in [-0.3, -0.25) is 0 Å². The Morgan fingerprint density at radius 2 is 0.931 bits per heavy atom. The molecule has 0 radical (unpaired) electrons. The molecule has 1 rings (SSSR count). The standard InChI is InChI=1S/C27H54N2/c1-4-6-8-10-12-13-14-15-16-17-18-20-22-24-29-26-25-28(3)27(29)23-21-19-11-9-7-5-2/h25-27H,4-24H2,1-3H3. The van der Waals surface area contributed by atoms with Crippen molar-refractivity contribution in [2.75, 3.05) is 13.6 Å². The van der Waals surface area contributed by atoms with Crippen molar-refractivity contribution in [1.82, 2.24) is 9.80 Å². The lowest BCUT2D eigenvalue weighted by Crippen LogP contribution is -2.37. The van der Waals surface area contributed by atoms with E-state index in [2.05, 4.69) is 43.1 Å². The minimum Gasteiger partial charge on any atom is -0.359 e. The first-order valence-electron chi connectivity index (χ1n) is 13.5. The molecule has 0 amide bonds. The monoisotopic (exact) mass is 406 g/mol. The number of hydrogen-bond acceptors (Lipinski definition) is 2. The van der Waals surface area contributed by atoms with Gasteiger partial charge in [-0.15, -0.1) is 0 Å². The van der Waals surface area contributed by atoms with Crippen LogP contribution in [-0.2, 0) is 0 Å². The summed E-state index contributed by atoms with van der Waals surface area (Å²) in [5, 5.41) is 0. The van der Waals surface area contributed by atoms with Gasteiger partial charge in [0.25, 0.3) is 0 Å². The third kappa shape index (κ3) is 14.1. The minimum atomic E-state index is 0.624. The largest absolute Gasteiger partial charge is 0.359 e. The zero-order chi connectivity index (χ0) is 21.0. The molecule has 29 heavy (non-hydrogen) atoms. The second-order valence-electron chi connectivity index (χ2n) is 9.48. The SMILES string of the molecule is CCCCCCCCCCCCCCCN1C=CN(C)C1CCCCCCCC. The van der Waals surface area contributed by atoms with Gasteiger partial charge in [-0.1, -0.05) is 123 Å². The fraction of sp³-hybridized carbons (Fsp3) is 0.926. The Hall–Kier alpha value is -0.660. The highest BCUT2D eigenvalue weighted by Crippen LogP contribution is 2.21. The van der Waals surface area contributed by atoms with Crippen molar-refractivity contribution in [2.45, 2.75) is 148 Å². The highest BCUT2D eigenvalue weighted by Gasteiger charge is 2.22. The van der Waals surface area contributed by atoms with Gasteiger partial charge in [-0.25, -0.2) is 0 Å². The van der Waals surface area contributed by atoms with E-state index in [0.29, 0.717) is 6.17 Å². The summed E-state index contributed by atoms with van der Waals surface area (Å²) in [6.45, 7) is 5.85. The van der Waals surface area contributed by atoms with Gasteiger partial charge in [0.15, 0.2) is 0 Å². The molecule has 0 fully saturated rings. The van der Waals surface area contributed by atoms with E-state index in [4.69, 9.17) is 0 Å². The van der Waals surface area contributed by atoms with Gasteiger partial charge in [0.05, 0.1) is 0 Å². The normalized spacial score (nSPS) is 16.3. The maximum atomic E-state index is 2.60. The maximum Gasteiger partial charge on any atom is 0.100 e. The molecule has 1 heterocycles. The van der Waals surface area contributed by atoms with Crippen LogP contribution in [0.2, 0.25) is 0 Å². The molecule has 0 spiro atoms. The van der Waals surface area contributed by atoms with Crippen molar-refractivity contribution >= 4 is 0 Å². The van der Waals surface area contributed by atoms with Crippen LogP contribution in [0.25, 0.3) is 0 Å². The van der Waals surface area contributed by atoms with Crippen LogP contribution in [-0.4, -0.2) is 29.6 Å². The van der Waals surface area contributed by atoms with Crippen LogP contribution in [0, 0.1) is 0 Å². The number of unbranched alkanes of at least 4 members (excludes halogenated alkanes) is 17. The summed E-state index contributed by atoms with van der Waals surface area (Å²) in [4.78, 5) is 5.03. The van der Waals surface area contributed by atoms with Crippen molar-refractivity contribution in [3.05, 3.63) is 12.4 Å². The van der Waals surface area contributed by atoms with Crippen molar-refractivity contribution in [3.63, 3.8) is 0 Å². The molecule has 0 saturated heterocycles. The Bertz CT molecular complexity index is 366. The molecule has 1 aliphatic heterocycles. The molecule has 0 aromatic rings. The molecule has 2 nitrogen and oxygen atoms in total. The van der Waals surface area contributed by atoms with Gasteiger partial charge in [-0.2, -0.15) is 0 Å². The summed E-state index contributed by atoms with van der Waals surface area (Å²) in [5.41, 5.74) is 0. The molecule has 1 atom stereocenters. The fourth-order valence-corrected chi connectivity index (χ4v) is 4.64. The summed E-state index contributed by atoms with van der Waals surface area (Å²) in [7, 11) is 2.25. The van der Waals surface area contributed by atoms with E-state index in [1.807, 2.05) is 0 Å². The first kappa shape index (κ1) is 26.4. The van der Waals surface area contributed by atoms with E-state index >= 15 is 0 Å². The lowest BCUT2D eigenvalue weighted by Gasteiger charge is -2.30. The number of rotatable bonds is 21. The molecule has 0 bridgehead atoms. The summed E-state index contributed by atoms with van der Waals surface area (Å²) in [6.07, 6.45) is 33.7. The molecule has 0 saturated carbocycles. The Labute approximate surface area is 184 Å². The van der Waals surface area contributed by atoms with E-state index in [1.165, 1.54) is 135 Å². The third-order valence-electron chi connectivity index (χ3n) is 6.68. The third-order valence-corrected chi connectivity index (χ3v) is 6.68. The average Bonchev–Trinajstić information content (AvgIpc) is 3.07. The van der Waals surface area contributed by atoms with Gasteiger partial charge in [0.2, 0.25) is 0 Å². The van der Waals surface area contributed by atoms with E-state index in [9.17, 15) is 0 Å². The highest BCUT2D eigenvalue weighted by molar-refractivity contribution is 4.95. The fourth-order valence-electron chi connectivity index (χ4n) is 4.64. The van der Waals surface area contributed by atoms with Gasteiger partial charge in [0, 0.05) is 26.0 Å². The summed E-state index contributed by atoms with van der Waals surface area (Å²) >= 11 is 0. The van der Waals surface area contributed by atoms with Crippen LogP contribution in [0.5, 0.6) is 0 Å². The quantitative estimate of drug-likeness (QED) is 0.176. The Morgan fingerprint density at radius 1 is 0.517 bits per heavy atom. The lowest BCUT2D eigenvalue weighted by atomic mass is 10.0. The van der Waals surface area contributed by atoms with Crippen LogP contribution < -0.4 is 0 Å². The second-order valence-corrected chi connectivity index (χ2v) is 9.48. The topological polar surface area (TPSA) is 6.48 Å². The molecular weight excluding hydrogens is 352 g/mol. The Kier molecular flexibility index (Phi) is 17.6. The lowest BCUT2D eigenvalue weighted by molar-refractivity contribution is 0.159. The van der Waals surface area contributed by atoms with E-state index < -0.39 is 0 Å². The van der Waals surface area contributed by atoms with E-state index in [1.54, 1.807) is 0 Å². The summed E-state index contributed by atoms with van der Waals surface area (Å²) in [6, 6.07) is 0. The first-order chi connectivity index (χ1) is 14.3. The van der Waals surface area contributed by atoms with E-state index in [-0.39, 0.29) is 0 Å². The van der Waals surface area contributed by atoms with Crippen LogP contribution in [0.4, 0.5) is 0 Å². The highest BCUT2D eigenvalue weighted by atomic mass is 15.4. The average molecular weight is 407 g/mol. The van der Waals surface area contributed by atoms with Crippen LogP contribution in [0.3, 0.4) is 0 Å². The Morgan fingerprint density at radius 3 is 1.41 bits per heavy atom. The summed E-state index contributed by atoms with van der Waals surface area (Å²) < 4.78 is 0. The number of nitrogens with zero attached hydrogens (tertiary/aromatic N) is 2. The van der Waals surface area contributed by atoms with E-state index in [0.717, 1.165) is 0 Å². The zero-order valence-electron chi connectivity index (χ0n) is 20.5. The minimum absolute atomic E-state index is 0.624. The van der Waals surface area contributed by atoms with Gasteiger partial charge < -0.3 is 9.80 Å². The van der Waals surface area contributed by atoms with Gasteiger partial charge in [-0.05, 0) is 19.3 Å². The smallest absolute Gasteiger partial charge is 0.100 e. The summed E-state index contributed by atoms with van der Waals surface area (Å²) in [5.74, 6) is 0. The molecule has 1 aliphatic rings. The molecule has 2 heteroatoms. The van der Waals surface area contributed by atoms with Crippen molar-refractivity contribution in [3.8, 4) is 0 Å². The maximum absolute atomic E-state index is 2.60. The van der Waals surface area contributed by atoms with Crippen molar-refractivity contribution < 1.29 is 0 Å². The molecule has 172 valence electrons. The second kappa shape index (κ2) is 19.3. The van der Waals surface area contributed by atoms with Crippen LogP contribution >= 0.6 is 0 Å². The predicted molar refractivity (Wildman–Crippen MR) is 131 cm³/mol. The van der Waals surface area contributed by atoms with Crippen LogP contribution in [0.1, 0.15) is 142 Å². The molecule has 1 unspecified atom stereocenters. The molecule has 0 N–H and O–H groups in total. The molecule has 0 aromatic heterocycles. The number of hydrogen-bond donors (Lipinski definition) is 0. The first-order valence-corrected chi connectivity index (χ1v) is 13.5. The zero-order valence-corrected chi connectivity index (χ0v) is 20.5. The predicted octanol–water partition coefficient (Wildman–Crippen LogP) is 8.87.